The number of hydrogen-bond donors (Lipinski definition) is 1. The lowest BCUT2D eigenvalue weighted by molar-refractivity contribution is 0.0921. The average molecular weight is 205 g/mol. The lowest BCUT2D eigenvalue weighted by Gasteiger charge is -2.26. The summed E-state index contributed by atoms with van der Waals surface area (Å²) in [5.41, 5.74) is 0.753. The van der Waals surface area contributed by atoms with Gasteiger partial charge in [-0.1, -0.05) is 0 Å². The number of rotatable bonds is 3. The van der Waals surface area contributed by atoms with Gasteiger partial charge in [0, 0.05) is 44.1 Å². The number of pyridine rings is 1. The van der Waals surface area contributed by atoms with Crippen LogP contribution in [0.3, 0.4) is 0 Å². The van der Waals surface area contributed by atoms with Gasteiger partial charge in [0.15, 0.2) is 5.78 Å². The van der Waals surface area contributed by atoms with Crippen molar-refractivity contribution in [2.24, 2.45) is 0 Å². The Bertz CT molecular complexity index is 320. The minimum absolute atomic E-state index is 0.180. The highest BCUT2D eigenvalue weighted by molar-refractivity contribution is 5.97. The van der Waals surface area contributed by atoms with Crippen molar-refractivity contribution < 1.29 is 4.79 Å². The zero-order valence-corrected chi connectivity index (χ0v) is 8.65. The van der Waals surface area contributed by atoms with Crippen LogP contribution in [0.5, 0.6) is 0 Å². The third-order valence-corrected chi connectivity index (χ3v) is 2.58. The van der Waals surface area contributed by atoms with E-state index in [1.54, 1.807) is 24.5 Å². The number of ketones is 1. The fourth-order valence-corrected chi connectivity index (χ4v) is 1.70. The molecule has 0 saturated carbocycles. The lowest BCUT2D eigenvalue weighted by Crippen LogP contribution is -2.45. The Balaban J connectivity index is 1.91. The fourth-order valence-electron chi connectivity index (χ4n) is 1.70. The number of carbonyl (C=O) groups is 1. The van der Waals surface area contributed by atoms with Crippen LogP contribution in [0.4, 0.5) is 0 Å². The Kier molecular flexibility index (Phi) is 3.42. The summed E-state index contributed by atoms with van der Waals surface area (Å²) in [6.45, 7) is 4.38. The Hall–Kier alpha value is -1.26. The Morgan fingerprint density at radius 2 is 2.00 bits per heavy atom. The van der Waals surface area contributed by atoms with E-state index in [4.69, 9.17) is 0 Å². The van der Waals surface area contributed by atoms with Crippen LogP contribution in [-0.4, -0.2) is 48.4 Å². The summed E-state index contributed by atoms with van der Waals surface area (Å²) >= 11 is 0. The van der Waals surface area contributed by atoms with Gasteiger partial charge in [-0.3, -0.25) is 14.7 Å². The molecule has 0 aliphatic carbocycles. The van der Waals surface area contributed by atoms with Gasteiger partial charge < -0.3 is 5.32 Å². The summed E-state index contributed by atoms with van der Waals surface area (Å²) in [6.07, 6.45) is 3.32. The second-order valence-electron chi connectivity index (χ2n) is 3.69. The second-order valence-corrected chi connectivity index (χ2v) is 3.69. The van der Waals surface area contributed by atoms with E-state index in [2.05, 4.69) is 15.2 Å². The summed E-state index contributed by atoms with van der Waals surface area (Å²) in [5, 5.41) is 3.26. The molecule has 0 spiro atoms. The standard InChI is InChI=1S/C11H15N3O/c15-11(10-1-3-12-4-2-10)9-14-7-5-13-6-8-14/h1-4,13H,5-9H2. The molecule has 0 aromatic carbocycles. The molecule has 80 valence electrons. The van der Waals surface area contributed by atoms with Gasteiger partial charge in [-0.2, -0.15) is 0 Å². The van der Waals surface area contributed by atoms with E-state index in [0.29, 0.717) is 6.54 Å². The summed E-state index contributed by atoms with van der Waals surface area (Å²) < 4.78 is 0. The monoisotopic (exact) mass is 205 g/mol. The zero-order valence-electron chi connectivity index (χ0n) is 8.65. The third-order valence-electron chi connectivity index (χ3n) is 2.58. The van der Waals surface area contributed by atoms with Crippen molar-refractivity contribution in [3.05, 3.63) is 30.1 Å². The van der Waals surface area contributed by atoms with Crippen molar-refractivity contribution in [1.82, 2.24) is 15.2 Å². The molecule has 2 rings (SSSR count). The maximum atomic E-state index is 11.8. The van der Waals surface area contributed by atoms with Gasteiger partial charge in [0.1, 0.15) is 0 Å². The minimum Gasteiger partial charge on any atom is -0.314 e. The number of nitrogens with zero attached hydrogens (tertiary/aromatic N) is 2. The topological polar surface area (TPSA) is 45.2 Å². The summed E-state index contributed by atoms with van der Waals surface area (Å²) in [7, 11) is 0. The Morgan fingerprint density at radius 3 is 2.67 bits per heavy atom. The van der Waals surface area contributed by atoms with Crippen molar-refractivity contribution in [3.8, 4) is 0 Å². The molecule has 0 amide bonds. The third kappa shape index (κ3) is 2.84. The molecule has 0 atom stereocenters. The largest absolute Gasteiger partial charge is 0.314 e. The highest BCUT2D eigenvalue weighted by Gasteiger charge is 2.14. The first-order valence-corrected chi connectivity index (χ1v) is 5.22. The SMILES string of the molecule is O=C(CN1CCNCC1)c1ccncc1. The van der Waals surface area contributed by atoms with Crippen molar-refractivity contribution in [1.29, 1.82) is 0 Å². The normalized spacial score (nSPS) is 17.6. The first kappa shape index (κ1) is 10.3. The highest BCUT2D eigenvalue weighted by atomic mass is 16.1. The number of piperazine rings is 1. The molecule has 1 N–H and O–H groups in total. The van der Waals surface area contributed by atoms with Crippen LogP contribution < -0.4 is 5.32 Å². The van der Waals surface area contributed by atoms with Crippen LogP contribution in [0.2, 0.25) is 0 Å². The fraction of sp³-hybridized carbons (Fsp3) is 0.455. The molecule has 2 heterocycles. The molecule has 15 heavy (non-hydrogen) atoms. The molecule has 1 aromatic rings. The van der Waals surface area contributed by atoms with Crippen molar-refractivity contribution >= 4 is 5.78 Å². The molecule has 4 heteroatoms. The molecule has 1 aromatic heterocycles. The van der Waals surface area contributed by atoms with Crippen LogP contribution in [0.1, 0.15) is 10.4 Å². The van der Waals surface area contributed by atoms with Gasteiger partial charge in [-0.15, -0.1) is 0 Å². The molecular formula is C11H15N3O. The van der Waals surface area contributed by atoms with Gasteiger partial charge in [0.05, 0.1) is 6.54 Å². The quantitative estimate of drug-likeness (QED) is 0.714. The number of hydrogen-bond acceptors (Lipinski definition) is 4. The minimum atomic E-state index is 0.180. The highest BCUT2D eigenvalue weighted by Crippen LogP contribution is 2.01. The van der Waals surface area contributed by atoms with Crippen LogP contribution in [0.15, 0.2) is 24.5 Å². The Labute approximate surface area is 89.3 Å². The second kappa shape index (κ2) is 5.00. The first-order valence-electron chi connectivity index (χ1n) is 5.22. The summed E-state index contributed by atoms with van der Waals surface area (Å²) in [5.74, 6) is 0.180. The Morgan fingerprint density at radius 1 is 1.33 bits per heavy atom. The molecule has 1 fully saturated rings. The van der Waals surface area contributed by atoms with E-state index in [1.165, 1.54) is 0 Å². The van der Waals surface area contributed by atoms with Crippen LogP contribution >= 0.6 is 0 Å². The predicted molar refractivity (Wildman–Crippen MR) is 57.9 cm³/mol. The van der Waals surface area contributed by atoms with E-state index in [-0.39, 0.29) is 5.78 Å². The number of Topliss-reactive ketones (excluding diaryl/α,β-unsaturated/α-hetero) is 1. The lowest BCUT2D eigenvalue weighted by atomic mass is 10.1. The van der Waals surface area contributed by atoms with Gasteiger partial charge in [0.2, 0.25) is 0 Å². The van der Waals surface area contributed by atoms with E-state index in [9.17, 15) is 4.79 Å². The molecular weight excluding hydrogens is 190 g/mol. The molecule has 1 aliphatic heterocycles. The molecule has 0 radical (unpaired) electrons. The predicted octanol–water partition coefficient (Wildman–Crippen LogP) is 0.169. The maximum absolute atomic E-state index is 11.8. The van der Waals surface area contributed by atoms with E-state index >= 15 is 0 Å². The van der Waals surface area contributed by atoms with Crippen LogP contribution in [0.25, 0.3) is 0 Å². The molecule has 1 aliphatic rings. The van der Waals surface area contributed by atoms with Gasteiger partial charge in [-0.25, -0.2) is 0 Å². The first-order chi connectivity index (χ1) is 7.36. The van der Waals surface area contributed by atoms with E-state index < -0.39 is 0 Å². The molecule has 1 saturated heterocycles. The van der Waals surface area contributed by atoms with Crippen molar-refractivity contribution in [2.45, 2.75) is 0 Å². The smallest absolute Gasteiger partial charge is 0.176 e. The van der Waals surface area contributed by atoms with Gasteiger partial charge >= 0.3 is 0 Å². The zero-order chi connectivity index (χ0) is 10.5. The van der Waals surface area contributed by atoms with Crippen molar-refractivity contribution in [2.75, 3.05) is 32.7 Å². The van der Waals surface area contributed by atoms with Crippen LogP contribution in [-0.2, 0) is 0 Å². The number of aromatic nitrogens is 1. The molecule has 0 unspecified atom stereocenters. The summed E-state index contributed by atoms with van der Waals surface area (Å²) in [4.78, 5) is 17.9. The van der Waals surface area contributed by atoms with Gasteiger partial charge in [0.25, 0.3) is 0 Å². The van der Waals surface area contributed by atoms with E-state index in [1.807, 2.05) is 0 Å². The average Bonchev–Trinajstić information content (AvgIpc) is 2.31. The maximum Gasteiger partial charge on any atom is 0.176 e. The van der Waals surface area contributed by atoms with Crippen LogP contribution in [0, 0.1) is 0 Å². The molecule has 0 bridgehead atoms. The number of carbonyl (C=O) groups excluding carboxylic acids is 1. The summed E-state index contributed by atoms with van der Waals surface area (Å²) in [6, 6.07) is 3.54. The van der Waals surface area contributed by atoms with Gasteiger partial charge in [-0.05, 0) is 12.1 Å². The van der Waals surface area contributed by atoms with E-state index in [0.717, 1.165) is 31.7 Å². The number of nitrogens with one attached hydrogen (secondary N) is 1. The van der Waals surface area contributed by atoms with Crippen molar-refractivity contribution in [3.63, 3.8) is 0 Å². The molecule has 4 nitrogen and oxygen atoms in total.